The minimum Gasteiger partial charge on any atom is -0.463 e. The number of unbranched alkanes of at least 4 members (excludes halogenated alkanes) is 1. The molecular weight excluding hydrogens is 268 g/mol. The topological polar surface area (TPSA) is 52.6 Å². The average molecular weight is 300 g/mol. The molecule has 4 heteroatoms. The van der Waals surface area contributed by atoms with Crippen LogP contribution in [0.2, 0.25) is 0 Å². The molecule has 0 heterocycles. The van der Waals surface area contributed by atoms with E-state index in [0.717, 1.165) is 44.9 Å². The summed E-state index contributed by atoms with van der Waals surface area (Å²) in [5, 5.41) is 0. The van der Waals surface area contributed by atoms with Gasteiger partial charge in [0.25, 0.3) is 0 Å². The van der Waals surface area contributed by atoms with E-state index in [4.69, 9.17) is 9.47 Å². The monoisotopic (exact) mass is 300 g/mol. The van der Waals surface area contributed by atoms with Gasteiger partial charge in [0.05, 0.1) is 6.10 Å². The Labute approximate surface area is 129 Å². The number of hydrogen-bond donors (Lipinski definition) is 0. The summed E-state index contributed by atoms with van der Waals surface area (Å²) < 4.78 is 10.7. The highest BCUT2D eigenvalue weighted by molar-refractivity contribution is 5.69. The van der Waals surface area contributed by atoms with E-state index >= 15 is 0 Å². The molecule has 0 fully saturated rings. The van der Waals surface area contributed by atoms with Crippen molar-refractivity contribution in [2.24, 2.45) is 0 Å². The van der Waals surface area contributed by atoms with Crippen molar-refractivity contribution in [2.45, 2.75) is 97.7 Å². The van der Waals surface area contributed by atoms with Crippen molar-refractivity contribution in [2.75, 3.05) is 0 Å². The molecule has 0 aromatic carbocycles. The molecule has 0 aliphatic carbocycles. The van der Waals surface area contributed by atoms with Crippen LogP contribution in [0.3, 0.4) is 0 Å². The van der Waals surface area contributed by atoms with E-state index in [2.05, 4.69) is 0 Å². The van der Waals surface area contributed by atoms with Crippen molar-refractivity contribution < 1.29 is 19.1 Å². The van der Waals surface area contributed by atoms with Crippen LogP contribution in [0, 0.1) is 0 Å². The van der Waals surface area contributed by atoms with E-state index in [9.17, 15) is 9.59 Å². The lowest BCUT2D eigenvalue weighted by Gasteiger charge is -2.17. The van der Waals surface area contributed by atoms with Crippen LogP contribution >= 0.6 is 0 Å². The highest BCUT2D eigenvalue weighted by atomic mass is 16.5. The first-order valence-corrected chi connectivity index (χ1v) is 8.42. The zero-order valence-corrected chi connectivity index (χ0v) is 14.2. The summed E-state index contributed by atoms with van der Waals surface area (Å²) in [6.45, 7) is 7.92. The van der Waals surface area contributed by atoms with Crippen molar-refractivity contribution >= 4 is 11.9 Å². The van der Waals surface area contributed by atoms with Crippen molar-refractivity contribution in [3.8, 4) is 0 Å². The van der Waals surface area contributed by atoms with Crippen LogP contribution in [0.25, 0.3) is 0 Å². The van der Waals surface area contributed by atoms with Crippen LogP contribution in [0.1, 0.15) is 85.5 Å². The SMILES string of the molecule is CCCC(=O)OC(C)CCCCC(CC)OC(=O)CCC. The summed E-state index contributed by atoms with van der Waals surface area (Å²) in [5.41, 5.74) is 0. The number of rotatable bonds is 12. The molecule has 0 amide bonds. The third-order valence-corrected chi connectivity index (χ3v) is 3.38. The van der Waals surface area contributed by atoms with Gasteiger partial charge in [0, 0.05) is 12.8 Å². The van der Waals surface area contributed by atoms with Gasteiger partial charge in [0.15, 0.2) is 0 Å². The van der Waals surface area contributed by atoms with Crippen LogP contribution in [0.5, 0.6) is 0 Å². The summed E-state index contributed by atoms with van der Waals surface area (Å²) >= 11 is 0. The fourth-order valence-corrected chi connectivity index (χ4v) is 2.15. The second-order valence-electron chi connectivity index (χ2n) is 5.61. The lowest BCUT2D eigenvalue weighted by molar-refractivity contribution is -0.150. The van der Waals surface area contributed by atoms with E-state index in [1.807, 2.05) is 27.7 Å². The molecular formula is C17H32O4. The zero-order valence-electron chi connectivity index (χ0n) is 14.2. The molecule has 21 heavy (non-hydrogen) atoms. The van der Waals surface area contributed by atoms with E-state index < -0.39 is 0 Å². The standard InChI is InChI=1S/C17H32O4/c1-5-10-16(18)20-14(4)12-8-9-13-15(7-3)21-17(19)11-6-2/h14-15H,5-13H2,1-4H3. The minimum atomic E-state index is -0.107. The average Bonchev–Trinajstić information content (AvgIpc) is 2.42. The van der Waals surface area contributed by atoms with Gasteiger partial charge >= 0.3 is 11.9 Å². The molecule has 0 saturated carbocycles. The number of carbonyl (C=O) groups is 2. The Morgan fingerprint density at radius 2 is 1.38 bits per heavy atom. The van der Waals surface area contributed by atoms with Crippen LogP contribution < -0.4 is 0 Å². The molecule has 0 radical (unpaired) electrons. The van der Waals surface area contributed by atoms with E-state index in [-0.39, 0.29) is 24.1 Å². The van der Waals surface area contributed by atoms with E-state index in [0.29, 0.717) is 12.8 Å². The Morgan fingerprint density at radius 3 is 1.90 bits per heavy atom. The van der Waals surface area contributed by atoms with Gasteiger partial charge < -0.3 is 9.47 Å². The molecule has 124 valence electrons. The molecule has 0 bridgehead atoms. The van der Waals surface area contributed by atoms with Gasteiger partial charge in [-0.05, 0) is 51.9 Å². The molecule has 0 N–H and O–H groups in total. The van der Waals surface area contributed by atoms with Gasteiger partial charge in [-0.2, -0.15) is 0 Å². The molecule has 0 aliphatic heterocycles. The summed E-state index contributed by atoms with van der Waals surface area (Å²) in [5.74, 6) is -0.198. The van der Waals surface area contributed by atoms with Gasteiger partial charge in [0.2, 0.25) is 0 Å². The summed E-state index contributed by atoms with van der Waals surface area (Å²) in [7, 11) is 0. The van der Waals surface area contributed by atoms with E-state index in [1.165, 1.54) is 0 Å². The first-order valence-electron chi connectivity index (χ1n) is 8.42. The molecule has 0 spiro atoms. The fraction of sp³-hybridized carbons (Fsp3) is 0.882. The smallest absolute Gasteiger partial charge is 0.306 e. The molecule has 2 atom stereocenters. The maximum absolute atomic E-state index is 11.5. The Morgan fingerprint density at radius 1 is 0.857 bits per heavy atom. The van der Waals surface area contributed by atoms with Crippen molar-refractivity contribution in [3.05, 3.63) is 0 Å². The largest absolute Gasteiger partial charge is 0.463 e. The Balaban J connectivity index is 3.75. The maximum atomic E-state index is 11.5. The van der Waals surface area contributed by atoms with Gasteiger partial charge in [-0.3, -0.25) is 9.59 Å². The number of hydrogen-bond acceptors (Lipinski definition) is 4. The highest BCUT2D eigenvalue weighted by Crippen LogP contribution is 2.13. The number of ether oxygens (including phenoxy) is 2. The molecule has 0 aromatic rings. The Bertz CT molecular complexity index is 289. The minimum absolute atomic E-state index is 0.0215. The summed E-state index contributed by atoms with van der Waals surface area (Å²) in [6.07, 6.45) is 7.26. The first-order chi connectivity index (χ1) is 10.0. The molecule has 4 nitrogen and oxygen atoms in total. The lowest BCUT2D eigenvalue weighted by Crippen LogP contribution is -2.18. The van der Waals surface area contributed by atoms with Crippen LogP contribution in [-0.2, 0) is 19.1 Å². The second-order valence-corrected chi connectivity index (χ2v) is 5.61. The molecule has 0 saturated heterocycles. The molecule has 2 unspecified atom stereocenters. The fourth-order valence-electron chi connectivity index (χ4n) is 2.15. The van der Waals surface area contributed by atoms with Gasteiger partial charge in [-0.25, -0.2) is 0 Å². The summed E-state index contributed by atoms with van der Waals surface area (Å²) in [4.78, 5) is 22.8. The van der Waals surface area contributed by atoms with Crippen LogP contribution in [0.15, 0.2) is 0 Å². The number of carbonyl (C=O) groups excluding carboxylic acids is 2. The van der Waals surface area contributed by atoms with E-state index in [1.54, 1.807) is 0 Å². The van der Waals surface area contributed by atoms with Crippen LogP contribution in [-0.4, -0.2) is 24.1 Å². The third-order valence-electron chi connectivity index (χ3n) is 3.38. The van der Waals surface area contributed by atoms with Crippen molar-refractivity contribution in [1.82, 2.24) is 0 Å². The number of esters is 2. The third kappa shape index (κ3) is 11.3. The quantitative estimate of drug-likeness (QED) is 0.396. The van der Waals surface area contributed by atoms with Crippen molar-refractivity contribution in [3.63, 3.8) is 0 Å². The molecule has 0 aromatic heterocycles. The van der Waals surface area contributed by atoms with Gasteiger partial charge in [-0.1, -0.05) is 20.8 Å². The lowest BCUT2D eigenvalue weighted by atomic mass is 10.1. The Hall–Kier alpha value is -1.06. The van der Waals surface area contributed by atoms with Crippen LogP contribution in [0.4, 0.5) is 0 Å². The van der Waals surface area contributed by atoms with Crippen molar-refractivity contribution in [1.29, 1.82) is 0 Å². The summed E-state index contributed by atoms with van der Waals surface area (Å²) in [6, 6.07) is 0. The molecule has 0 rings (SSSR count). The first kappa shape index (κ1) is 19.9. The maximum Gasteiger partial charge on any atom is 0.306 e. The van der Waals surface area contributed by atoms with Gasteiger partial charge in [-0.15, -0.1) is 0 Å². The predicted octanol–water partition coefficient (Wildman–Crippen LogP) is 4.40. The predicted molar refractivity (Wildman–Crippen MR) is 84.0 cm³/mol. The van der Waals surface area contributed by atoms with Gasteiger partial charge in [0.1, 0.15) is 6.10 Å². The normalized spacial score (nSPS) is 13.5. The second kappa shape index (κ2) is 12.7. The molecule has 0 aliphatic rings. The highest BCUT2D eigenvalue weighted by Gasteiger charge is 2.13. The zero-order chi connectivity index (χ0) is 16.1. The Kier molecular flexibility index (Phi) is 12.0.